The maximum atomic E-state index is 5.86. The minimum Gasteiger partial charge on any atom is -0.376 e. The summed E-state index contributed by atoms with van der Waals surface area (Å²) in [5, 5.41) is 1.55. The molecule has 0 spiro atoms. The van der Waals surface area contributed by atoms with Crippen molar-refractivity contribution < 1.29 is 0 Å². The van der Waals surface area contributed by atoms with Gasteiger partial charge < -0.3 is 10.6 Å². The van der Waals surface area contributed by atoms with Gasteiger partial charge in [0.15, 0.2) is 5.11 Å². The van der Waals surface area contributed by atoms with Crippen molar-refractivity contribution in [1.29, 1.82) is 0 Å². The Balaban J connectivity index is 1.69. The molecule has 2 heterocycles. The molecule has 0 radical (unpaired) electrons. The Morgan fingerprint density at radius 3 is 2.77 bits per heavy atom. The van der Waals surface area contributed by atoms with Gasteiger partial charge in [-0.3, -0.25) is 4.40 Å². The Hall–Kier alpha value is -2.05. The van der Waals surface area contributed by atoms with E-state index in [1.807, 2.05) is 59.8 Å². The number of hydrogen-bond acceptors (Lipinski definition) is 3. The summed E-state index contributed by atoms with van der Waals surface area (Å²) in [6.45, 7) is 0.759. The number of hydrogen-bond donors (Lipinski definition) is 1. The van der Waals surface area contributed by atoms with Crippen molar-refractivity contribution in [3.63, 3.8) is 0 Å². The number of aromatic nitrogens is 2. The van der Waals surface area contributed by atoms with E-state index in [9.17, 15) is 0 Å². The fourth-order valence-corrected chi connectivity index (χ4v) is 3.40. The standard InChI is InChI=1S/C16H16N4S2/c17-16(21)19(13-5-2-1-3-6-13)11-12-22-15-8-4-7-14-18-9-10-20(14)15/h1-10H,11-12H2,(H2,17,21). The van der Waals surface area contributed by atoms with Gasteiger partial charge in [0, 0.05) is 30.4 Å². The van der Waals surface area contributed by atoms with Gasteiger partial charge in [-0.15, -0.1) is 11.8 Å². The first-order valence-electron chi connectivity index (χ1n) is 6.92. The highest BCUT2D eigenvalue weighted by Gasteiger charge is 2.09. The van der Waals surface area contributed by atoms with Crippen molar-refractivity contribution >= 4 is 40.4 Å². The average molecular weight is 328 g/mol. The highest BCUT2D eigenvalue weighted by atomic mass is 32.2. The highest BCUT2D eigenvalue weighted by Crippen LogP contribution is 2.20. The Bertz CT molecular complexity index is 770. The lowest BCUT2D eigenvalue weighted by Gasteiger charge is -2.22. The number of fused-ring (bicyclic) bond motifs is 1. The number of nitrogens with zero attached hydrogens (tertiary/aromatic N) is 3. The van der Waals surface area contributed by atoms with Crippen LogP contribution in [0.2, 0.25) is 0 Å². The zero-order chi connectivity index (χ0) is 15.4. The smallest absolute Gasteiger partial charge is 0.170 e. The fraction of sp³-hybridized carbons (Fsp3) is 0.125. The lowest BCUT2D eigenvalue weighted by Crippen LogP contribution is -2.37. The molecule has 0 atom stereocenters. The Kier molecular flexibility index (Phi) is 4.60. The van der Waals surface area contributed by atoms with Crippen LogP contribution in [0.5, 0.6) is 0 Å². The van der Waals surface area contributed by atoms with Gasteiger partial charge in [-0.1, -0.05) is 24.3 Å². The second-order valence-electron chi connectivity index (χ2n) is 4.69. The summed E-state index contributed by atoms with van der Waals surface area (Å²) < 4.78 is 2.08. The van der Waals surface area contributed by atoms with Crippen molar-refractivity contribution in [2.24, 2.45) is 5.73 Å². The predicted molar refractivity (Wildman–Crippen MR) is 96.5 cm³/mol. The first-order valence-corrected chi connectivity index (χ1v) is 8.32. The molecule has 2 aromatic heterocycles. The number of para-hydroxylation sites is 1. The Morgan fingerprint density at radius 2 is 2.00 bits per heavy atom. The largest absolute Gasteiger partial charge is 0.376 e. The molecule has 6 heteroatoms. The zero-order valence-electron chi connectivity index (χ0n) is 11.9. The van der Waals surface area contributed by atoms with Crippen LogP contribution < -0.4 is 10.6 Å². The van der Waals surface area contributed by atoms with Crippen molar-refractivity contribution in [3.05, 3.63) is 60.9 Å². The van der Waals surface area contributed by atoms with Crippen molar-refractivity contribution in [2.45, 2.75) is 5.03 Å². The van der Waals surface area contributed by atoms with Crippen LogP contribution in [-0.4, -0.2) is 26.8 Å². The van der Waals surface area contributed by atoms with E-state index in [4.69, 9.17) is 18.0 Å². The monoisotopic (exact) mass is 328 g/mol. The van der Waals surface area contributed by atoms with Gasteiger partial charge in [0.25, 0.3) is 0 Å². The second-order valence-corrected chi connectivity index (χ2v) is 6.23. The quantitative estimate of drug-likeness (QED) is 0.576. The van der Waals surface area contributed by atoms with Crippen LogP contribution >= 0.6 is 24.0 Å². The third-order valence-corrected chi connectivity index (χ3v) is 4.53. The molecule has 4 nitrogen and oxygen atoms in total. The summed E-state index contributed by atoms with van der Waals surface area (Å²) in [6.07, 6.45) is 3.78. The molecule has 0 aliphatic heterocycles. The molecule has 0 bridgehead atoms. The summed E-state index contributed by atoms with van der Waals surface area (Å²) in [5.41, 5.74) is 7.84. The number of benzene rings is 1. The van der Waals surface area contributed by atoms with Crippen molar-refractivity contribution in [1.82, 2.24) is 9.38 Å². The predicted octanol–water partition coefficient (Wildman–Crippen LogP) is 3.18. The van der Waals surface area contributed by atoms with Crippen LogP contribution in [0.25, 0.3) is 5.65 Å². The molecule has 22 heavy (non-hydrogen) atoms. The number of pyridine rings is 1. The molecule has 0 saturated carbocycles. The number of nitrogens with two attached hydrogens (primary N) is 1. The first kappa shape index (κ1) is 14.9. The Morgan fingerprint density at radius 1 is 1.18 bits per heavy atom. The topological polar surface area (TPSA) is 46.6 Å². The number of imidazole rings is 1. The highest BCUT2D eigenvalue weighted by molar-refractivity contribution is 7.99. The van der Waals surface area contributed by atoms with E-state index in [0.717, 1.165) is 28.7 Å². The second kappa shape index (κ2) is 6.81. The molecule has 1 aromatic carbocycles. The molecular weight excluding hydrogens is 312 g/mol. The number of thiocarbonyl (C=S) groups is 1. The van der Waals surface area contributed by atoms with Gasteiger partial charge in [0.05, 0.1) is 5.03 Å². The van der Waals surface area contributed by atoms with Crippen LogP contribution in [0.15, 0.2) is 66.0 Å². The van der Waals surface area contributed by atoms with E-state index in [-0.39, 0.29) is 0 Å². The molecular formula is C16H16N4S2. The summed E-state index contributed by atoms with van der Waals surface area (Å²) in [5.74, 6) is 0.878. The summed E-state index contributed by atoms with van der Waals surface area (Å²) in [6, 6.07) is 16.1. The molecule has 0 saturated heterocycles. The summed E-state index contributed by atoms with van der Waals surface area (Å²) >= 11 is 6.93. The Labute approximate surface area is 139 Å². The minimum absolute atomic E-state index is 0.396. The maximum absolute atomic E-state index is 5.86. The van der Waals surface area contributed by atoms with E-state index in [1.165, 1.54) is 0 Å². The molecule has 0 amide bonds. The molecule has 0 aliphatic rings. The van der Waals surface area contributed by atoms with Gasteiger partial charge in [0.1, 0.15) is 5.65 Å². The molecule has 0 fully saturated rings. The van der Waals surface area contributed by atoms with Gasteiger partial charge in [0.2, 0.25) is 0 Å². The lowest BCUT2D eigenvalue weighted by molar-refractivity contribution is 1.01. The molecule has 3 aromatic rings. The van der Waals surface area contributed by atoms with Crippen LogP contribution in [0, 0.1) is 0 Å². The summed E-state index contributed by atoms with van der Waals surface area (Å²) in [4.78, 5) is 6.25. The average Bonchev–Trinajstić information content (AvgIpc) is 3.01. The molecule has 2 N–H and O–H groups in total. The van der Waals surface area contributed by atoms with E-state index in [0.29, 0.717) is 5.11 Å². The van der Waals surface area contributed by atoms with E-state index >= 15 is 0 Å². The maximum Gasteiger partial charge on any atom is 0.170 e. The lowest BCUT2D eigenvalue weighted by atomic mass is 10.3. The number of anilines is 1. The summed E-state index contributed by atoms with van der Waals surface area (Å²) in [7, 11) is 0. The van der Waals surface area contributed by atoms with Gasteiger partial charge >= 0.3 is 0 Å². The van der Waals surface area contributed by atoms with E-state index < -0.39 is 0 Å². The van der Waals surface area contributed by atoms with Crippen LogP contribution in [0.3, 0.4) is 0 Å². The SMILES string of the molecule is NC(=S)N(CCSc1cccc2nccn12)c1ccccc1. The third kappa shape index (κ3) is 3.23. The minimum atomic E-state index is 0.396. The first-order chi connectivity index (χ1) is 10.8. The number of thioether (sulfide) groups is 1. The van der Waals surface area contributed by atoms with Crippen LogP contribution in [0.1, 0.15) is 0 Å². The van der Waals surface area contributed by atoms with Gasteiger partial charge in [-0.2, -0.15) is 0 Å². The molecule has 112 valence electrons. The normalized spacial score (nSPS) is 10.7. The number of rotatable bonds is 5. The molecule has 3 rings (SSSR count). The van der Waals surface area contributed by atoms with E-state index in [2.05, 4.69) is 15.5 Å². The zero-order valence-corrected chi connectivity index (χ0v) is 13.6. The molecule has 0 aliphatic carbocycles. The van der Waals surface area contributed by atoms with Gasteiger partial charge in [-0.05, 0) is 36.5 Å². The fourth-order valence-electron chi connectivity index (χ4n) is 2.26. The van der Waals surface area contributed by atoms with Crippen LogP contribution in [-0.2, 0) is 0 Å². The molecule has 0 unspecified atom stereocenters. The van der Waals surface area contributed by atoms with Crippen molar-refractivity contribution in [2.75, 3.05) is 17.2 Å². The van der Waals surface area contributed by atoms with E-state index in [1.54, 1.807) is 11.8 Å². The third-order valence-electron chi connectivity index (χ3n) is 3.29. The van der Waals surface area contributed by atoms with Crippen LogP contribution in [0.4, 0.5) is 5.69 Å². The van der Waals surface area contributed by atoms with Crippen molar-refractivity contribution in [3.8, 4) is 0 Å². The van der Waals surface area contributed by atoms with Gasteiger partial charge in [-0.25, -0.2) is 4.98 Å².